The van der Waals surface area contributed by atoms with Crippen LogP contribution in [0.25, 0.3) is 27.4 Å². The maximum Gasteiger partial charge on any atom is 0.238 e. The monoisotopic (exact) mass is 388 g/mol. The summed E-state index contributed by atoms with van der Waals surface area (Å²) in [6.45, 7) is -0.0979. The molecule has 1 amide bonds. The molecule has 1 aromatic carbocycles. The lowest BCUT2D eigenvalue weighted by Crippen LogP contribution is -2.21. The maximum atomic E-state index is 11.4. The van der Waals surface area contributed by atoms with Crippen LogP contribution in [0.1, 0.15) is 0 Å². The highest BCUT2D eigenvalue weighted by Gasteiger charge is 2.17. The number of halogens is 1. The summed E-state index contributed by atoms with van der Waals surface area (Å²) >= 11 is 7.76. The van der Waals surface area contributed by atoms with Crippen molar-refractivity contribution in [2.45, 2.75) is 0 Å². The van der Waals surface area contributed by atoms with Crippen LogP contribution in [0.4, 0.5) is 10.8 Å². The van der Waals surface area contributed by atoms with Gasteiger partial charge in [0.15, 0.2) is 16.6 Å². The number of benzene rings is 1. The molecule has 3 heterocycles. The Labute approximate surface area is 156 Å². The average molecular weight is 389 g/mol. The summed E-state index contributed by atoms with van der Waals surface area (Å²) in [6, 6.07) is 5.20. The van der Waals surface area contributed by atoms with Crippen LogP contribution in [0.5, 0.6) is 0 Å². The zero-order chi connectivity index (χ0) is 18.3. The third kappa shape index (κ3) is 2.79. The van der Waals surface area contributed by atoms with Crippen molar-refractivity contribution >= 4 is 50.0 Å². The molecular formula is C15H13ClN8OS. The lowest BCUT2D eigenvalue weighted by Gasteiger charge is -2.10. The van der Waals surface area contributed by atoms with E-state index in [1.54, 1.807) is 35.3 Å². The number of fused-ring (bicyclic) bond motifs is 1. The molecule has 0 saturated heterocycles. The Morgan fingerprint density at radius 1 is 1.42 bits per heavy atom. The zero-order valence-electron chi connectivity index (χ0n) is 13.2. The molecule has 0 aliphatic rings. The highest BCUT2D eigenvalue weighted by Crippen LogP contribution is 2.34. The summed E-state index contributed by atoms with van der Waals surface area (Å²) in [5, 5.41) is 10.7. The number of nitrogens with one attached hydrogen (secondary N) is 2. The van der Waals surface area contributed by atoms with Crippen LogP contribution in [0, 0.1) is 0 Å². The van der Waals surface area contributed by atoms with Gasteiger partial charge in [0.1, 0.15) is 11.0 Å². The van der Waals surface area contributed by atoms with Crippen molar-refractivity contribution in [2.24, 2.45) is 5.73 Å². The highest BCUT2D eigenvalue weighted by atomic mass is 35.5. The topological polar surface area (TPSA) is 141 Å². The minimum absolute atomic E-state index is 0.0979. The molecule has 26 heavy (non-hydrogen) atoms. The highest BCUT2D eigenvalue weighted by molar-refractivity contribution is 7.22. The van der Waals surface area contributed by atoms with Gasteiger partial charge in [-0.25, -0.2) is 9.97 Å². The van der Waals surface area contributed by atoms with E-state index in [-0.39, 0.29) is 12.5 Å². The Hall–Kier alpha value is -2.95. The Kier molecular flexibility index (Phi) is 4.07. The molecule has 0 bridgehead atoms. The third-order valence-corrected chi connectivity index (χ3v) is 4.89. The maximum absolute atomic E-state index is 11.4. The lowest BCUT2D eigenvalue weighted by atomic mass is 10.1. The molecule has 3 aromatic heterocycles. The summed E-state index contributed by atoms with van der Waals surface area (Å²) in [7, 11) is 0. The number of aromatic amines is 1. The van der Waals surface area contributed by atoms with Crippen molar-refractivity contribution in [1.82, 2.24) is 24.7 Å². The van der Waals surface area contributed by atoms with Crippen molar-refractivity contribution in [3.05, 3.63) is 35.7 Å². The van der Waals surface area contributed by atoms with E-state index in [1.807, 2.05) is 0 Å². The number of aromatic nitrogens is 5. The van der Waals surface area contributed by atoms with Gasteiger partial charge in [0.25, 0.3) is 0 Å². The molecule has 4 aromatic rings. The molecule has 0 spiro atoms. The van der Waals surface area contributed by atoms with E-state index in [0.717, 1.165) is 16.0 Å². The zero-order valence-corrected chi connectivity index (χ0v) is 14.8. The van der Waals surface area contributed by atoms with Crippen molar-refractivity contribution in [3.63, 3.8) is 0 Å². The third-order valence-electron chi connectivity index (χ3n) is 3.70. The fraction of sp³-hybridized carbons (Fsp3) is 0.0667. The number of H-pyrrole nitrogens is 1. The van der Waals surface area contributed by atoms with Crippen molar-refractivity contribution in [1.29, 1.82) is 0 Å². The van der Waals surface area contributed by atoms with E-state index >= 15 is 0 Å². The number of rotatable bonds is 4. The summed E-state index contributed by atoms with van der Waals surface area (Å²) in [5.74, 6) is 0.346. The quantitative estimate of drug-likeness (QED) is 0.421. The SMILES string of the molecule is NCC(=O)Nc1ccc(-c2cncn2-c2n[nH]c3nc(N)sc23)c(Cl)c1. The summed E-state index contributed by atoms with van der Waals surface area (Å²) in [4.78, 5) is 19.8. The van der Waals surface area contributed by atoms with Gasteiger partial charge in [-0.3, -0.25) is 14.5 Å². The van der Waals surface area contributed by atoms with E-state index in [2.05, 4.69) is 25.5 Å². The Morgan fingerprint density at radius 3 is 3.04 bits per heavy atom. The number of nitrogen functional groups attached to an aromatic ring is 1. The van der Waals surface area contributed by atoms with Gasteiger partial charge in [-0.05, 0) is 18.2 Å². The summed E-state index contributed by atoms with van der Waals surface area (Å²) in [6.07, 6.45) is 3.32. The van der Waals surface area contributed by atoms with Crippen LogP contribution >= 0.6 is 22.9 Å². The van der Waals surface area contributed by atoms with Gasteiger partial charge in [0.05, 0.1) is 23.5 Å². The van der Waals surface area contributed by atoms with Gasteiger partial charge in [-0.2, -0.15) is 5.10 Å². The molecule has 0 radical (unpaired) electrons. The standard InChI is InChI=1S/C15H13ClN8OS/c16-9-3-7(20-11(25)4-17)1-2-8(9)10-5-19-6-24(10)14-12-13(22-23-14)21-15(18)26-12/h1-3,5-6H,4,17H2,(H,20,25)(H3,18,21,22,23). The predicted molar refractivity (Wildman–Crippen MR) is 101 cm³/mol. The van der Waals surface area contributed by atoms with E-state index in [9.17, 15) is 4.79 Å². The fourth-order valence-electron chi connectivity index (χ4n) is 2.56. The molecule has 11 heteroatoms. The minimum atomic E-state index is -0.291. The van der Waals surface area contributed by atoms with Gasteiger partial charge in [-0.1, -0.05) is 22.9 Å². The van der Waals surface area contributed by atoms with Gasteiger partial charge < -0.3 is 16.8 Å². The summed E-state index contributed by atoms with van der Waals surface area (Å²) < 4.78 is 2.63. The second-order valence-electron chi connectivity index (χ2n) is 5.37. The number of thiazole rings is 1. The van der Waals surface area contributed by atoms with E-state index in [4.69, 9.17) is 23.1 Å². The smallest absolute Gasteiger partial charge is 0.238 e. The first kappa shape index (κ1) is 16.5. The van der Waals surface area contributed by atoms with Gasteiger partial charge in [-0.15, -0.1) is 0 Å². The van der Waals surface area contributed by atoms with E-state index in [1.165, 1.54) is 11.3 Å². The molecule has 0 aliphatic carbocycles. The molecule has 6 N–H and O–H groups in total. The Balaban J connectivity index is 1.76. The fourth-order valence-corrected chi connectivity index (χ4v) is 3.61. The van der Waals surface area contributed by atoms with Crippen LogP contribution in [0.15, 0.2) is 30.7 Å². The number of carbonyl (C=O) groups is 1. The molecule has 132 valence electrons. The average Bonchev–Trinajstić information content (AvgIpc) is 3.30. The van der Waals surface area contributed by atoms with Gasteiger partial charge in [0.2, 0.25) is 5.91 Å². The molecule has 0 saturated carbocycles. The number of carbonyl (C=O) groups excluding carboxylic acids is 1. The van der Waals surface area contributed by atoms with Crippen molar-refractivity contribution in [2.75, 3.05) is 17.6 Å². The number of nitrogens with zero attached hydrogens (tertiary/aromatic N) is 4. The second kappa shape index (κ2) is 6.41. The van der Waals surface area contributed by atoms with E-state index < -0.39 is 0 Å². The number of nitrogens with two attached hydrogens (primary N) is 2. The molecule has 0 fully saturated rings. The van der Waals surface area contributed by atoms with E-state index in [0.29, 0.717) is 27.3 Å². The molecule has 0 unspecified atom stereocenters. The van der Waals surface area contributed by atoms with Crippen LogP contribution in [-0.4, -0.2) is 37.2 Å². The van der Waals surface area contributed by atoms with Gasteiger partial charge >= 0.3 is 0 Å². The number of imidazole rings is 1. The number of amides is 1. The Bertz CT molecular complexity index is 1110. The molecule has 9 nitrogen and oxygen atoms in total. The first-order valence-corrected chi connectivity index (χ1v) is 8.69. The first-order chi connectivity index (χ1) is 12.6. The van der Waals surface area contributed by atoms with Crippen molar-refractivity contribution < 1.29 is 4.79 Å². The number of anilines is 2. The van der Waals surface area contributed by atoms with Gasteiger partial charge in [0, 0.05) is 11.3 Å². The minimum Gasteiger partial charge on any atom is -0.375 e. The number of hydrogen-bond donors (Lipinski definition) is 4. The summed E-state index contributed by atoms with van der Waals surface area (Å²) in [5.41, 5.74) is 13.7. The first-order valence-electron chi connectivity index (χ1n) is 7.49. The number of hydrogen-bond acceptors (Lipinski definition) is 7. The van der Waals surface area contributed by atoms with Crippen LogP contribution in [0.2, 0.25) is 5.02 Å². The molecule has 4 rings (SSSR count). The van der Waals surface area contributed by atoms with Crippen LogP contribution in [0.3, 0.4) is 0 Å². The second-order valence-corrected chi connectivity index (χ2v) is 6.81. The largest absolute Gasteiger partial charge is 0.375 e. The molecule has 0 aliphatic heterocycles. The lowest BCUT2D eigenvalue weighted by molar-refractivity contribution is -0.114. The van der Waals surface area contributed by atoms with Crippen LogP contribution in [-0.2, 0) is 4.79 Å². The molecule has 0 atom stereocenters. The normalized spacial score (nSPS) is 11.2. The van der Waals surface area contributed by atoms with Crippen LogP contribution < -0.4 is 16.8 Å². The molecular weight excluding hydrogens is 376 g/mol. The Morgan fingerprint density at radius 2 is 2.27 bits per heavy atom. The van der Waals surface area contributed by atoms with Crippen molar-refractivity contribution in [3.8, 4) is 17.1 Å². The predicted octanol–water partition coefficient (Wildman–Crippen LogP) is 2.00.